The smallest absolute Gasteiger partial charge is 0.191 e. The van der Waals surface area contributed by atoms with E-state index in [4.69, 9.17) is 9.47 Å². The second-order valence-electron chi connectivity index (χ2n) is 6.24. The SMILES string of the molecule is CCOCCOCc1cccc(CNC(=NC)NC2CCS(=O)(=O)C2)c1.I. The molecule has 0 aliphatic carbocycles. The minimum Gasteiger partial charge on any atom is -0.379 e. The van der Waals surface area contributed by atoms with E-state index in [9.17, 15) is 8.42 Å². The summed E-state index contributed by atoms with van der Waals surface area (Å²) in [5.74, 6) is 1.03. The van der Waals surface area contributed by atoms with E-state index in [-0.39, 0.29) is 41.5 Å². The summed E-state index contributed by atoms with van der Waals surface area (Å²) < 4.78 is 33.9. The maximum absolute atomic E-state index is 11.6. The molecular formula is C18H30IN3O4S. The normalized spacial score (nSPS) is 18.7. The first-order valence-corrected chi connectivity index (χ1v) is 10.8. The molecule has 2 N–H and O–H groups in total. The van der Waals surface area contributed by atoms with Crippen LogP contribution in [0.5, 0.6) is 0 Å². The molecular weight excluding hydrogens is 481 g/mol. The van der Waals surface area contributed by atoms with Crippen LogP contribution >= 0.6 is 24.0 Å². The first-order valence-electron chi connectivity index (χ1n) is 8.93. The Hall–Kier alpha value is -0.910. The zero-order valence-electron chi connectivity index (χ0n) is 15.9. The molecule has 1 aliphatic heterocycles. The van der Waals surface area contributed by atoms with E-state index in [0.29, 0.717) is 45.4 Å². The fraction of sp³-hybridized carbons (Fsp3) is 0.611. The molecule has 9 heteroatoms. The number of halogens is 1. The van der Waals surface area contributed by atoms with Crippen LogP contribution in [0.15, 0.2) is 29.3 Å². The lowest BCUT2D eigenvalue weighted by molar-refractivity contribution is 0.0453. The minimum absolute atomic E-state index is 0. The first kappa shape index (κ1) is 24.1. The predicted molar refractivity (Wildman–Crippen MR) is 118 cm³/mol. The number of rotatable bonds is 9. The van der Waals surface area contributed by atoms with Gasteiger partial charge in [0, 0.05) is 26.2 Å². The van der Waals surface area contributed by atoms with Gasteiger partial charge in [-0.1, -0.05) is 24.3 Å². The third-order valence-corrected chi connectivity index (χ3v) is 5.86. The van der Waals surface area contributed by atoms with Gasteiger partial charge in [-0.3, -0.25) is 4.99 Å². The van der Waals surface area contributed by atoms with Gasteiger partial charge in [0.2, 0.25) is 0 Å². The van der Waals surface area contributed by atoms with Crippen molar-refractivity contribution in [2.45, 2.75) is 32.5 Å². The average molecular weight is 511 g/mol. The molecule has 1 saturated heterocycles. The van der Waals surface area contributed by atoms with Crippen molar-refractivity contribution >= 4 is 39.8 Å². The van der Waals surface area contributed by atoms with Crippen molar-refractivity contribution in [3.63, 3.8) is 0 Å². The Bertz CT molecular complexity index is 698. The molecule has 0 saturated carbocycles. The van der Waals surface area contributed by atoms with Gasteiger partial charge in [-0.05, 0) is 24.5 Å². The van der Waals surface area contributed by atoms with Crippen LogP contribution in [0.3, 0.4) is 0 Å². The van der Waals surface area contributed by atoms with Gasteiger partial charge >= 0.3 is 0 Å². The van der Waals surface area contributed by atoms with Crippen LogP contribution in [0.25, 0.3) is 0 Å². The number of nitrogens with one attached hydrogen (secondary N) is 2. The highest BCUT2D eigenvalue weighted by molar-refractivity contribution is 14.0. The third-order valence-electron chi connectivity index (χ3n) is 4.09. The predicted octanol–water partition coefficient (Wildman–Crippen LogP) is 1.71. The zero-order valence-corrected chi connectivity index (χ0v) is 19.1. The number of benzene rings is 1. The molecule has 2 rings (SSSR count). The molecule has 0 amide bonds. The van der Waals surface area contributed by atoms with Crippen LogP contribution < -0.4 is 10.6 Å². The molecule has 1 atom stereocenters. The van der Waals surface area contributed by atoms with Gasteiger partial charge in [-0.2, -0.15) is 0 Å². The Labute approximate surface area is 179 Å². The zero-order chi connectivity index (χ0) is 18.8. The van der Waals surface area contributed by atoms with Gasteiger partial charge in [-0.25, -0.2) is 8.42 Å². The third kappa shape index (κ3) is 9.22. The van der Waals surface area contributed by atoms with Crippen LogP contribution in [0.2, 0.25) is 0 Å². The van der Waals surface area contributed by atoms with Crippen LogP contribution in [-0.2, 0) is 32.5 Å². The lowest BCUT2D eigenvalue weighted by Gasteiger charge is -2.16. The van der Waals surface area contributed by atoms with E-state index in [1.807, 2.05) is 25.1 Å². The largest absolute Gasteiger partial charge is 0.379 e. The summed E-state index contributed by atoms with van der Waals surface area (Å²) in [6, 6.07) is 8.07. The number of guanidine groups is 1. The Morgan fingerprint density at radius 2 is 2.00 bits per heavy atom. The molecule has 27 heavy (non-hydrogen) atoms. The lowest BCUT2D eigenvalue weighted by atomic mass is 10.1. The van der Waals surface area contributed by atoms with Gasteiger partial charge < -0.3 is 20.1 Å². The number of aliphatic imine (C=N–C) groups is 1. The fourth-order valence-corrected chi connectivity index (χ4v) is 4.44. The molecule has 1 fully saturated rings. The van der Waals surface area contributed by atoms with Gasteiger partial charge in [0.25, 0.3) is 0 Å². The molecule has 0 bridgehead atoms. The van der Waals surface area contributed by atoms with E-state index in [0.717, 1.165) is 11.1 Å². The number of ether oxygens (including phenoxy) is 2. The molecule has 1 aromatic carbocycles. The second kappa shape index (κ2) is 12.5. The van der Waals surface area contributed by atoms with Gasteiger partial charge in [0.05, 0.1) is 31.3 Å². The molecule has 1 unspecified atom stereocenters. The van der Waals surface area contributed by atoms with Crippen molar-refractivity contribution < 1.29 is 17.9 Å². The van der Waals surface area contributed by atoms with E-state index in [1.54, 1.807) is 7.05 Å². The van der Waals surface area contributed by atoms with Gasteiger partial charge in [-0.15, -0.1) is 24.0 Å². The van der Waals surface area contributed by atoms with E-state index in [1.165, 1.54) is 0 Å². The molecule has 154 valence electrons. The van der Waals surface area contributed by atoms with Crippen LogP contribution in [0.4, 0.5) is 0 Å². The van der Waals surface area contributed by atoms with Gasteiger partial charge in [0.1, 0.15) is 0 Å². The Morgan fingerprint density at radius 3 is 2.67 bits per heavy atom. The van der Waals surface area contributed by atoms with E-state index < -0.39 is 9.84 Å². The van der Waals surface area contributed by atoms with Crippen molar-refractivity contribution in [2.75, 3.05) is 38.4 Å². The highest BCUT2D eigenvalue weighted by atomic mass is 127. The Kier molecular flexibility index (Phi) is 11.2. The summed E-state index contributed by atoms with van der Waals surface area (Å²) in [6.07, 6.45) is 0.623. The number of sulfone groups is 1. The van der Waals surface area contributed by atoms with Crippen molar-refractivity contribution in [3.05, 3.63) is 35.4 Å². The summed E-state index contributed by atoms with van der Waals surface area (Å²) >= 11 is 0. The van der Waals surface area contributed by atoms with Crippen molar-refractivity contribution in [1.82, 2.24) is 10.6 Å². The summed E-state index contributed by atoms with van der Waals surface area (Å²) in [6.45, 7) is 5.00. The topological polar surface area (TPSA) is 89.0 Å². The molecule has 0 spiro atoms. The maximum atomic E-state index is 11.6. The van der Waals surface area contributed by atoms with Gasteiger partial charge in [0.15, 0.2) is 15.8 Å². The second-order valence-corrected chi connectivity index (χ2v) is 8.47. The molecule has 0 aromatic heterocycles. The standard InChI is InChI=1S/C18H29N3O4S.HI/c1-3-24-8-9-25-13-16-6-4-5-15(11-16)12-20-18(19-2)21-17-7-10-26(22,23)14-17;/h4-6,11,17H,3,7-10,12-14H2,1-2H3,(H2,19,20,21);1H. The van der Waals surface area contributed by atoms with E-state index >= 15 is 0 Å². The monoisotopic (exact) mass is 511 g/mol. The van der Waals surface area contributed by atoms with Crippen LogP contribution in [-0.4, -0.2) is 58.8 Å². The van der Waals surface area contributed by atoms with Crippen molar-refractivity contribution in [1.29, 1.82) is 0 Å². The quantitative estimate of drug-likeness (QED) is 0.227. The first-order chi connectivity index (χ1) is 12.5. The van der Waals surface area contributed by atoms with Crippen molar-refractivity contribution in [2.24, 2.45) is 4.99 Å². The average Bonchev–Trinajstić information content (AvgIpc) is 2.97. The molecule has 1 aliphatic rings. The molecule has 1 heterocycles. The highest BCUT2D eigenvalue weighted by Gasteiger charge is 2.28. The number of hydrogen-bond acceptors (Lipinski definition) is 5. The molecule has 0 radical (unpaired) electrons. The number of hydrogen-bond donors (Lipinski definition) is 2. The summed E-state index contributed by atoms with van der Waals surface area (Å²) in [5, 5.41) is 6.42. The lowest BCUT2D eigenvalue weighted by Crippen LogP contribution is -2.43. The molecule has 7 nitrogen and oxygen atoms in total. The fourth-order valence-electron chi connectivity index (χ4n) is 2.76. The summed E-state index contributed by atoms with van der Waals surface area (Å²) in [7, 11) is -1.22. The number of nitrogens with zero attached hydrogens (tertiary/aromatic N) is 1. The Balaban J connectivity index is 0.00000364. The Morgan fingerprint density at radius 1 is 1.26 bits per heavy atom. The maximum Gasteiger partial charge on any atom is 0.191 e. The highest BCUT2D eigenvalue weighted by Crippen LogP contribution is 2.11. The van der Waals surface area contributed by atoms with Crippen molar-refractivity contribution in [3.8, 4) is 0 Å². The minimum atomic E-state index is -2.91. The summed E-state index contributed by atoms with van der Waals surface area (Å²) in [5.41, 5.74) is 2.21. The molecule has 1 aromatic rings. The van der Waals surface area contributed by atoms with E-state index in [2.05, 4.69) is 21.7 Å². The van der Waals surface area contributed by atoms with Crippen LogP contribution in [0.1, 0.15) is 24.5 Å². The summed E-state index contributed by atoms with van der Waals surface area (Å²) in [4.78, 5) is 4.18. The van der Waals surface area contributed by atoms with Crippen LogP contribution in [0, 0.1) is 0 Å².